The zero-order valence-electron chi connectivity index (χ0n) is 11.3. The highest BCUT2D eigenvalue weighted by Gasteiger charge is 2.10. The number of benzene rings is 1. The summed E-state index contributed by atoms with van der Waals surface area (Å²) in [6.07, 6.45) is 0.636. The molecule has 6 nitrogen and oxygen atoms in total. The van der Waals surface area contributed by atoms with E-state index in [1.165, 1.54) is 22.5 Å². The highest BCUT2D eigenvalue weighted by Crippen LogP contribution is 2.18. The molecule has 0 aliphatic rings. The van der Waals surface area contributed by atoms with Crippen LogP contribution in [0.1, 0.15) is 17.0 Å². The number of nitrogens with two attached hydrogens (primary N) is 1. The fourth-order valence-corrected chi connectivity index (χ4v) is 2.52. The van der Waals surface area contributed by atoms with Crippen molar-refractivity contribution >= 4 is 21.4 Å². The molecular formula is C13H15N5OS. The molecule has 1 aromatic carbocycles. The van der Waals surface area contributed by atoms with Gasteiger partial charge in [-0.1, -0.05) is 17.4 Å². The third-order valence-electron chi connectivity index (χ3n) is 3.14. The Morgan fingerprint density at radius 2 is 2.10 bits per heavy atom. The van der Waals surface area contributed by atoms with Crippen LogP contribution in [0.2, 0.25) is 0 Å². The van der Waals surface area contributed by atoms with Crippen molar-refractivity contribution in [2.75, 3.05) is 12.3 Å². The molecule has 104 valence electrons. The molecule has 3 rings (SSSR count). The van der Waals surface area contributed by atoms with Gasteiger partial charge in [0.1, 0.15) is 5.75 Å². The van der Waals surface area contributed by atoms with Gasteiger partial charge < -0.3 is 10.5 Å². The van der Waals surface area contributed by atoms with Crippen LogP contribution < -0.4 is 10.5 Å². The van der Waals surface area contributed by atoms with Crippen molar-refractivity contribution in [3.05, 3.63) is 35.2 Å². The molecule has 2 N–H and O–H groups in total. The minimum atomic E-state index is 0.492. The first-order valence-electron chi connectivity index (χ1n) is 6.30. The van der Waals surface area contributed by atoms with Crippen molar-refractivity contribution in [1.82, 2.24) is 19.8 Å². The molecule has 0 unspecified atom stereocenters. The molecule has 0 radical (unpaired) electrons. The molecule has 0 atom stereocenters. The molecule has 0 fully saturated rings. The molecular weight excluding hydrogens is 274 g/mol. The number of anilines is 1. The van der Waals surface area contributed by atoms with Gasteiger partial charge in [0.25, 0.3) is 0 Å². The summed E-state index contributed by atoms with van der Waals surface area (Å²) in [5.74, 6) is 1.63. The van der Waals surface area contributed by atoms with E-state index >= 15 is 0 Å². The molecule has 20 heavy (non-hydrogen) atoms. The molecule has 0 amide bonds. The summed E-state index contributed by atoms with van der Waals surface area (Å²) < 4.78 is 7.40. The molecule has 3 aromatic rings. The van der Waals surface area contributed by atoms with E-state index in [4.69, 9.17) is 10.5 Å². The highest BCUT2D eigenvalue weighted by atomic mass is 32.1. The highest BCUT2D eigenvalue weighted by molar-refractivity contribution is 7.20. The Kier molecular flexibility index (Phi) is 3.27. The first kappa shape index (κ1) is 12.9. The fraction of sp³-hybridized carbons (Fsp3) is 0.308. The Balaban J connectivity index is 1.66. The lowest BCUT2D eigenvalue weighted by molar-refractivity contribution is 0.317. The predicted octanol–water partition coefficient (Wildman–Crippen LogP) is 2.01. The van der Waals surface area contributed by atoms with Gasteiger partial charge in [0.2, 0.25) is 10.1 Å². The molecule has 2 heterocycles. The van der Waals surface area contributed by atoms with Crippen LogP contribution in [0.5, 0.6) is 5.75 Å². The SMILES string of the molecule is Cc1ccc(OCCc2nnc3sc(N)nn23)cc1C. The van der Waals surface area contributed by atoms with Gasteiger partial charge in [-0.05, 0) is 37.1 Å². The van der Waals surface area contributed by atoms with Crippen LogP contribution in [0.25, 0.3) is 4.96 Å². The monoisotopic (exact) mass is 289 g/mol. The number of fused-ring (bicyclic) bond motifs is 1. The van der Waals surface area contributed by atoms with E-state index in [9.17, 15) is 0 Å². The summed E-state index contributed by atoms with van der Waals surface area (Å²) in [6, 6.07) is 6.07. The number of aryl methyl sites for hydroxylation is 2. The van der Waals surface area contributed by atoms with Crippen LogP contribution in [0.15, 0.2) is 18.2 Å². The van der Waals surface area contributed by atoms with Gasteiger partial charge in [0.05, 0.1) is 6.61 Å². The summed E-state index contributed by atoms with van der Waals surface area (Å²) in [5.41, 5.74) is 8.12. The molecule has 0 aliphatic heterocycles. The largest absolute Gasteiger partial charge is 0.493 e. The van der Waals surface area contributed by atoms with Crippen molar-refractivity contribution in [2.24, 2.45) is 0 Å². The van der Waals surface area contributed by atoms with E-state index in [0.717, 1.165) is 11.6 Å². The first-order valence-corrected chi connectivity index (χ1v) is 7.12. The molecule has 0 saturated heterocycles. The summed E-state index contributed by atoms with van der Waals surface area (Å²) in [4.78, 5) is 0.712. The van der Waals surface area contributed by atoms with Crippen molar-refractivity contribution < 1.29 is 4.74 Å². The zero-order valence-corrected chi connectivity index (χ0v) is 12.1. The molecule has 0 bridgehead atoms. The van der Waals surface area contributed by atoms with Crippen molar-refractivity contribution in [2.45, 2.75) is 20.3 Å². The van der Waals surface area contributed by atoms with Gasteiger partial charge in [-0.15, -0.1) is 15.3 Å². The topological polar surface area (TPSA) is 78.3 Å². The average Bonchev–Trinajstić information content (AvgIpc) is 2.94. The van der Waals surface area contributed by atoms with Crippen LogP contribution in [0.4, 0.5) is 5.13 Å². The summed E-state index contributed by atoms with van der Waals surface area (Å²) >= 11 is 1.32. The maximum Gasteiger partial charge on any atom is 0.236 e. The van der Waals surface area contributed by atoms with Crippen LogP contribution in [-0.2, 0) is 6.42 Å². The number of nitrogens with zero attached hydrogens (tertiary/aromatic N) is 4. The Labute approximate surface area is 120 Å². The Morgan fingerprint density at radius 1 is 1.25 bits per heavy atom. The number of rotatable bonds is 4. The van der Waals surface area contributed by atoms with Gasteiger partial charge in [0, 0.05) is 6.42 Å². The van der Waals surface area contributed by atoms with E-state index in [0.29, 0.717) is 23.1 Å². The molecule has 0 aliphatic carbocycles. The lowest BCUT2D eigenvalue weighted by atomic mass is 10.1. The lowest BCUT2D eigenvalue weighted by Crippen LogP contribution is -2.06. The quantitative estimate of drug-likeness (QED) is 0.795. The van der Waals surface area contributed by atoms with E-state index < -0.39 is 0 Å². The summed E-state index contributed by atoms with van der Waals surface area (Å²) in [7, 11) is 0. The molecule has 0 saturated carbocycles. The predicted molar refractivity (Wildman–Crippen MR) is 78.2 cm³/mol. The van der Waals surface area contributed by atoms with E-state index in [1.54, 1.807) is 4.52 Å². The van der Waals surface area contributed by atoms with Gasteiger partial charge in [-0.2, -0.15) is 4.52 Å². The van der Waals surface area contributed by atoms with E-state index in [1.807, 2.05) is 12.1 Å². The van der Waals surface area contributed by atoms with Gasteiger partial charge >= 0.3 is 0 Å². The number of ether oxygens (including phenoxy) is 1. The van der Waals surface area contributed by atoms with E-state index in [-0.39, 0.29) is 0 Å². The molecule has 7 heteroatoms. The number of aromatic nitrogens is 4. The zero-order chi connectivity index (χ0) is 14.1. The fourth-order valence-electron chi connectivity index (χ4n) is 1.89. The van der Waals surface area contributed by atoms with Gasteiger partial charge in [-0.25, -0.2) is 0 Å². The molecule has 2 aromatic heterocycles. The van der Waals surface area contributed by atoms with Gasteiger partial charge in [-0.3, -0.25) is 0 Å². The number of hydrogen-bond donors (Lipinski definition) is 1. The Hall–Kier alpha value is -2.15. The summed E-state index contributed by atoms with van der Waals surface area (Å²) in [5, 5.41) is 12.8. The van der Waals surface area contributed by atoms with Crippen molar-refractivity contribution in [3.8, 4) is 5.75 Å². The standard InChI is InChI=1S/C13H15N5OS/c1-8-3-4-10(7-9(8)2)19-6-5-11-15-16-13-18(11)17-12(14)20-13/h3-4,7H,5-6H2,1-2H3,(H2,14,17). The van der Waals surface area contributed by atoms with Crippen LogP contribution >= 0.6 is 11.3 Å². The third-order valence-corrected chi connectivity index (χ3v) is 3.87. The lowest BCUT2D eigenvalue weighted by Gasteiger charge is -2.07. The molecule has 0 spiro atoms. The maximum atomic E-state index is 5.73. The average molecular weight is 289 g/mol. The normalized spacial score (nSPS) is 11.1. The Morgan fingerprint density at radius 3 is 2.90 bits per heavy atom. The second-order valence-electron chi connectivity index (χ2n) is 4.60. The smallest absolute Gasteiger partial charge is 0.236 e. The second kappa shape index (κ2) is 5.09. The van der Waals surface area contributed by atoms with Crippen LogP contribution in [0.3, 0.4) is 0 Å². The third kappa shape index (κ3) is 2.44. The van der Waals surface area contributed by atoms with Crippen molar-refractivity contribution in [1.29, 1.82) is 0 Å². The van der Waals surface area contributed by atoms with Crippen LogP contribution in [-0.4, -0.2) is 26.4 Å². The Bertz CT molecular complexity index is 748. The second-order valence-corrected chi connectivity index (χ2v) is 5.58. The van der Waals surface area contributed by atoms with E-state index in [2.05, 4.69) is 35.2 Å². The minimum absolute atomic E-state index is 0.492. The van der Waals surface area contributed by atoms with Gasteiger partial charge in [0.15, 0.2) is 5.82 Å². The maximum absolute atomic E-state index is 5.73. The van der Waals surface area contributed by atoms with Crippen molar-refractivity contribution in [3.63, 3.8) is 0 Å². The number of hydrogen-bond acceptors (Lipinski definition) is 6. The van der Waals surface area contributed by atoms with Crippen LogP contribution in [0, 0.1) is 13.8 Å². The summed E-state index contributed by atoms with van der Waals surface area (Å²) in [6.45, 7) is 4.68. The minimum Gasteiger partial charge on any atom is -0.493 e. The number of nitrogen functional groups attached to an aromatic ring is 1. The first-order chi connectivity index (χ1) is 9.63.